The van der Waals surface area contributed by atoms with Crippen LogP contribution in [0.2, 0.25) is 0 Å². The van der Waals surface area contributed by atoms with Gasteiger partial charge in [0.25, 0.3) is 0 Å². The summed E-state index contributed by atoms with van der Waals surface area (Å²) < 4.78 is 11.5. The molecule has 0 fully saturated rings. The highest BCUT2D eigenvalue weighted by atomic mass is 32.2. The van der Waals surface area contributed by atoms with Crippen molar-refractivity contribution < 1.29 is 9.00 Å². The standard InChI is InChI=1S/C13H20N2O2S/c1-10(2)18(17)8-7-13(16)15-12-5-3-11(9-14)4-6-12/h3-6,10H,7-9,14H2,1-2H3,(H,15,16). The van der Waals surface area contributed by atoms with Gasteiger partial charge in [-0.25, -0.2) is 0 Å². The minimum absolute atomic E-state index is 0.0987. The molecule has 100 valence electrons. The fourth-order valence-electron chi connectivity index (χ4n) is 1.38. The van der Waals surface area contributed by atoms with Crippen molar-refractivity contribution in [3.63, 3.8) is 0 Å². The molecule has 0 aromatic heterocycles. The van der Waals surface area contributed by atoms with Crippen LogP contribution in [-0.4, -0.2) is 21.1 Å². The third-order valence-electron chi connectivity index (χ3n) is 2.53. The van der Waals surface area contributed by atoms with Gasteiger partial charge >= 0.3 is 0 Å². The number of carbonyl (C=O) groups is 1. The lowest BCUT2D eigenvalue weighted by atomic mass is 10.2. The molecule has 1 amide bonds. The summed E-state index contributed by atoms with van der Waals surface area (Å²) in [5.41, 5.74) is 7.25. The second-order valence-corrected chi connectivity index (χ2v) is 6.45. The summed E-state index contributed by atoms with van der Waals surface area (Å²) in [6, 6.07) is 7.39. The Bertz CT molecular complexity index is 416. The van der Waals surface area contributed by atoms with E-state index in [0.717, 1.165) is 11.3 Å². The zero-order valence-electron chi connectivity index (χ0n) is 10.8. The number of nitrogens with one attached hydrogen (secondary N) is 1. The molecule has 0 heterocycles. The van der Waals surface area contributed by atoms with Crippen LogP contribution in [0, 0.1) is 0 Å². The van der Waals surface area contributed by atoms with E-state index in [4.69, 9.17) is 5.73 Å². The van der Waals surface area contributed by atoms with Gasteiger partial charge in [-0.3, -0.25) is 9.00 Å². The first-order valence-corrected chi connectivity index (χ1v) is 7.37. The van der Waals surface area contributed by atoms with E-state index in [0.29, 0.717) is 12.3 Å². The van der Waals surface area contributed by atoms with Crippen LogP contribution in [0.3, 0.4) is 0 Å². The van der Waals surface area contributed by atoms with E-state index >= 15 is 0 Å². The first-order valence-electron chi connectivity index (χ1n) is 5.99. The van der Waals surface area contributed by atoms with E-state index < -0.39 is 10.8 Å². The van der Waals surface area contributed by atoms with Crippen LogP contribution in [-0.2, 0) is 22.1 Å². The smallest absolute Gasteiger partial charge is 0.225 e. The van der Waals surface area contributed by atoms with Crippen LogP contribution in [0.1, 0.15) is 25.8 Å². The van der Waals surface area contributed by atoms with Gasteiger partial charge in [0, 0.05) is 40.5 Å². The molecule has 1 aromatic carbocycles. The van der Waals surface area contributed by atoms with Crippen LogP contribution in [0.4, 0.5) is 5.69 Å². The van der Waals surface area contributed by atoms with Crippen molar-refractivity contribution in [1.82, 2.24) is 0 Å². The Labute approximate surface area is 110 Å². The number of hydrogen-bond acceptors (Lipinski definition) is 3. The van der Waals surface area contributed by atoms with Gasteiger partial charge < -0.3 is 11.1 Å². The van der Waals surface area contributed by atoms with Gasteiger partial charge in [-0.05, 0) is 17.7 Å². The SMILES string of the molecule is CC(C)S(=O)CCC(=O)Nc1ccc(CN)cc1. The van der Waals surface area contributed by atoms with E-state index in [1.807, 2.05) is 38.1 Å². The summed E-state index contributed by atoms with van der Waals surface area (Å²) in [6.45, 7) is 4.26. The van der Waals surface area contributed by atoms with Crippen LogP contribution < -0.4 is 11.1 Å². The molecule has 1 atom stereocenters. The summed E-state index contributed by atoms with van der Waals surface area (Å²) >= 11 is 0. The highest BCUT2D eigenvalue weighted by molar-refractivity contribution is 7.85. The number of rotatable bonds is 6. The van der Waals surface area contributed by atoms with Crippen LogP contribution >= 0.6 is 0 Å². The molecule has 0 aliphatic rings. The maximum absolute atomic E-state index is 11.6. The number of nitrogens with two attached hydrogens (primary N) is 1. The Hall–Kier alpha value is -1.20. The molecule has 0 saturated carbocycles. The highest BCUT2D eigenvalue weighted by Crippen LogP contribution is 2.09. The van der Waals surface area contributed by atoms with Gasteiger partial charge in [-0.2, -0.15) is 0 Å². The molecule has 0 bridgehead atoms. The maximum Gasteiger partial charge on any atom is 0.225 e. The Morgan fingerprint density at radius 3 is 2.44 bits per heavy atom. The average Bonchev–Trinajstić information content (AvgIpc) is 2.36. The molecule has 3 N–H and O–H groups in total. The zero-order chi connectivity index (χ0) is 13.5. The van der Waals surface area contributed by atoms with Crippen molar-refractivity contribution in [2.45, 2.75) is 32.1 Å². The third kappa shape index (κ3) is 4.98. The van der Waals surface area contributed by atoms with Gasteiger partial charge in [0.05, 0.1) is 0 Å². The number of amides is 1. The number of anilines is 1. The fourth-order valence-corrected chi connectivity index (χ4v) is 2.23. The van der Waals surface area contributed by atoms with Gasteiger partial charge in [0.15, 0.2) is 0 Å². The van der Waals surface area contributed by atoms with Gasteiger partial charge in [0.1, 0.15) is 0 Å². The fraction of sp³-hybridized carbons (Fsp3) is 0.462. The average molecular weight is 268 g/mol. The number of benzene rings is 1. The summed E-state index contributed by atoms with van der Waals surface area (Å²) in [7, 11) is -0.933. The van der Waals surface area contributed by atoms with Crippen molar-refractivity contribution in [3.8, 4) is 0 Å². The minimum atomic E-state index is -0.933. The van der Waals surface area contributed by atoms with Crippen molar-refractivity contribution >= 4 is 22.4 Å². The molecule has 0 aliphatic heterocycles. The van der Waals surface area contributed by atoms with Crippen LogP contribution in [0.15, 0.2) is 24.3 Å². The topological polar surface area (TPSA) is 72.2 Å². The minimum Gasteiger partial charge on any atom is -0.326 e. The van der Waals surface area contributed by atoms with Crippen LogP contribution in [0.25, 0.3) is 0 Å². The molecule has 0 spiro atoms. The molecular formula is C13H20N2O2S. The summed E-state index contributed by atoms with van der Waals surface area (Å²) in [5, 5.41) is 2.87. The molecule has 0 saturated heterocycles. The first kappa shape index (κ1) is 14.9. The maximum atomic E-state index is 11.6. The molecule has 4 nitrogen and oxygen atoms in total. The number of carbonyl (C=O) groups excluding carboxylic acids is 1. The Morgan fingerprint density at radius 1 is 1.33 bits per heavy atom. The van der Waals surface area contributed by atoms with E-state index in [2.05, 4.69) is 5.32 Å². The lowest BCUT2D eigenvalue weighted by Gasteiger charge is -2.07. The lowest BCUT2D eigenvalue weighted by molar-refractivity contribution is -0.115. The molecule has 5 heteroatoms. The van der Waals surface area contributed by atoms with Crippen molar-refractivity contribution in [2.75, 3.05) is 11.1 Å². The monoisotopic (exact) mass is 268 g/mol. The predicted octanol–water partition coefficient (Wildman–Crippen LogP) is 1.63. The molecule has 0 radical (unpaired) electrons. The Kier molecular flexibility index (Phi) is 6.01. The van der Waals surface area contributed by atoms with E-state index in [9.17, 15) is 9.00 Å². The molecule has 0 aliphatic carbocycles. The Morgan fingerprint density at radius 2 is 1.94 bits per heavy atom. The zero-order valence-corrected chi connectivity index (χ0v) is 11.6. The largest absolute Gasteiger partial charge is 0.326 e. The van der Waals surface area contributed by atoms with E-state index in [1.165, 1.54) is 0 Å². The van der Waals surface area contributed by atoms with Gasteiger partial charge in [-0.15, -0.1) is 0 Å². The molecule has 18 heavy (non-hydrogen) atoms. The van der Waals surface area contributed by atoms with Gasteiger partial charge in [-0.1, -0.05) is 26.0 Å². The lowest BCUT2D eigenvalue weighted by Crippen LogP contribution is -2.18. The van der Waals surface area contributed by atoms with E-state index in [1.54, 1.807) is 0 Å². The van der Waals surface area contributed by atoms with Crippen LogP contribution in [0.5, 0.6) is 0 Å². The second-order valence-electron chi connectivity index (χ2n) is 4.33. The van der Waals surface area contributed by atoms with Crippen molar-refractivity contribution in [3.05, 3.63) is 29.8 Å². The summed E-state index contributed by atoms with van der Waals surface area (Å²) in [4.78, 5) is 11.6. The van der Waals surface area contributed by atoms with Crippen molar-refractivity contribution in [1.29, 1.82) is 0 Å². The normalized spacial score (nSPS) is 12.4. The molecule has 1 aromatic rings. The first-order chi connectivity index (χ1) is 8.52. The molecule has 1 rings (SSSR count). The Balaban J connectivity index is 2.42. The van der Waals surface area contributed by atoms with E-state index in [-0.39, 0.29) is 17.6 Å². The number of hydrogen-bond donors (Lipinski definition) is 2. The van der Waals surface area contributed by atoms with Crippen molar-refractivity contribution in [2.24, 2.45) is 5.73 Å². The molecule has 1 unspecified atom stereocenters. The quantitative estimate of drug-likeness (QED) is 0.823. The summed E-state index contributed by atoms with van der Waals surface area (Å²) in [6.07, 6.45) is 0.281. The van der Waals surface area contributed by atoms with Gasteiger partial charge in [0.2, 0.25) is 5.91 Å². The highest BCUT2D eigenvalue weighted by Gasteiger charge is 2.08. The molecular weight excluding hydrogens is 248 g/mol. The predicted molar refractivity (Wildman–Crippen MR) is 75.7 cm³/mol. The second kappa shape index (κ2) is 7.28. The third-order valence-corrected chi connectivity index (χ3v) is 4.19. The summed E-state index contributed by atoms with van der Waals surface area (Å²) in [5.74, 6) is 0.300.